The van der Waals surface area contributed by atoms with Crippen molar-refractivity contribution in [2.45, 2.75) is 99.7 Å². The average Bonchev–Trinajstić information content (AvgIpc) is 3.98. The number of nitriles is 1. The molecule has 6 saturated carbocycles. The highest BCUT2D eigenvalue weighted by molar-refractivity contribution is 5.94. The van der Waals surface area contributed by atoms with Gasteiger partial charge in [-0.15, -0.1) is 0 Å². The Kier molecular flexibility index (Phi) is 5.48. The molecule has 0 atom stereocenters. The summed E-state index contributed by atoms with van der Waals surface area (Å²) in [6, 6.07) is 19.0. The Morgan fingerprint density at radius 2 is 1.70 bits per heavy atom. The Hall–Kier alpha value is -3.57. The fourth-order valence-corrected chi connectivity index (χ4v) is 8.81. The normalized spacial score (nSPS) is 34.0. The summed E-state index contributed by atoms with van der Waals surface area (Å²) in [7, 11) is 0. The van der Waals surface area contributed by atoms with Crippen molar-refractivity contribution in [3.8, 4) is 17.5 Å². The molecule has 2 saturated heterocycles. The van der Waals surface area contributed by atoms with Crippen LogP contribution in [0.5, 0.6) is 0 Å². The molecule has 8 aliphatic rings. The number of rotatable bonds is 9. The molecule has 4 bridgehead atoms. The Balaban J connectivity index is 0.963. The maximum absolute atomic E-state index is 14.4. The van der Waals surface area contributed by atoms with Gasteiger partial charge >= 0.3 is 0 Å². The summed E-state index contributed by atoms with van der Waals surface area (Å²) in [4.78, 5) is 20.7. The average molecular weight is 593 g/mol. The van der Waals surface area contributed by atoms with Crippen LogP contribution < -0.4 is 4.90 Å². The van der Waals surface area contributed by atoms with Crippen molar-refractivity contribution in [2.75, 3.05) is 18.1 Å². The molecule has 0 unspecified atom stereocenters. The molecular weight excluding hydrogens is 555 g/mol. The molecule has 226 valence electrons. The Morgan fingerprint density at radius 3 is 2.32 bits per heavy atom. The van der Waals surface area contributed by atoms with E-state index in [0.717, 1.165) is 74.0 Å². The van der Waals surface area contributed by atoms with Gasteiger partial charge in [0, 0.05) is 35.5 Å². The summed E-state index contributed by atoms with van der Waals surface area (Å²) < 4.78 is 26.7. The molecule has 11 rings (SSSR count). The molecule has 0 radical (unpaired) electrons. The predicted molar refractivity (Wildman–Crippen MR) is 160 cm³/mol. The van der Waals surface area contributed by atoms with Crippen LogP contribution in [0.15, 0.2) is 53.1 Å². The van der Waals surface area contributed by atoms with Crippen molar-refractivity contribution in [2.24, 2.45) is 10.8 Å². The van der Waals surface area contributed by atoms with Crippen molar-refractivity contribution in [3.05, 3.63) is 65.5 Å². The first-order chi connectivity index (χ1) is 21.2. The van der Waals surface area contributed by atoms with Gasteiger partial charge in [-0.1, -0.05) is 35.5 Å². The van der Waals surface area contributed by atoms with Gasteiger partial charge in [-0.3, -0.25) is 4.79 Å². The third-order valence-electron chi connectivity index (χ3n) is 11.9. The second kappa shape index (κ2) is 9.00. The molecule has 6 aliphatic carbocycles. The van der Waals surface area contributed by atoms with Gasteiger partial charge in [0.2, 0.25) is 5.91 Å². The van der Waals surface area contributed by atoms with Crippen LogP contribution in [0.1, 0.15) is 99.9 Å². The van der Waals surface area contributed by atoms with E-state index in [1.807, 2.05) is 29.2 Å². The van der Waals surface area contributed by atoms with Gasteiger partial charge in [0.05, 0.1) is 23.7 Å². The summed E-state index contributed by atoms with van der Waals surface area (Å²) in [5.74, 6) is 1.70. The van der Waals surface area contributed by atoms with E-state index in [-0.39, 0.29) is 27.8 Å². The smallest absolute Gasteiger partial charge is 0.258 e. The molecule has 44 heavy (non-hydrogen) atoms. The summed E-state index contributed by atoms with van der Waals surface area (Å²) in [5.41, 5.74) is 1.99. The first-order valence-corrected chi connectivity index (χ1v) is 16.3. The predicted octanol–water partition coefficient (Wildman–Crippen LogP) is 7.27. The first kappa shape index (κ1) is 26.8. The summed E-state index contributed by atoms with van der Waals surface area (Å²) >= 11 is 0. The maximum atomic E-state index is 14.4. The van der Waals surface area contributed by atoms with Crippen molar-refractivity contribution < 1.29 is 18.4 Å². The molecule has 1 aromatic heterocycles. The zero-order valence-electron chi connectivity index (χ0n) is 25.0. The minimum absolute atomic E-state index is 0.0620. The van der Waals surface area contributed by atoms with E-state index in [9.17, 15) is 14.4 Å². The number of amides is 1. The standard InChI is InChI=1S/C36H37FN4O3/c37-35-18-33(19-35,20-35)17-29(42)41(28-3-1-2-25(16-28)31-39-30(40-44-31)24-4-5-24)22-32-10-14-36(15-11-32,43-23-32)27-8-6-26(7-9-27)34(21-38)12-13-34/h1-3,6-9,16,24H,4-5,10-15,17-20,22-23H2. The van der Waals surface area contributed by atoms with Gasteiger partial charge in [0.25, 0.3) is 5.89 Å². The lowest BCUT2D eigenvalue weighted by Crippen LogP contribution is -2.65. The van der Waals surface area contributed by atoms with Crippen molar-refractivity contribution in [3.63, 3.8) is 0 Å². The number of aromatic nitrogens is 2. The quantitative estimate of drug-likeness (QED) is 0.260. The molecule has 2 aliphatic heterocycles. The highest BCUT2D eigenvalue weighted by Gasteiger charge is 2.69. The SMILES string of the molecule is N#CC1(c2ccc(C34CCC(CN(C(=O)CC56CC(F)(C5)C6)c5cccc(-c6nc(C7CC7)no6)c5)(CC3)CO4)cc2)CC1. The van der Waals surface area contributed by atoms with Crippen LogP contribution in [-0.2, 0) is 20.5 Å². The van der Waals surface area contributed by atoms with Gasteiger partial charge in [-0.25, -0.2) is 4.39 Å². The van der Waals surface area contributed by atoms with Gasteiger partial charge in [-0.05, 0) is 105 Å². The molecule has 8 heteroatoms. The Labute approximate surface area is 256 Å². The number of benzene rings is 2. The zero-order chi connectivity index (χ0) is 29.8. The molecule has 3 aromatic rings. The van der Waals surface area contributed by atoms with Crippen molar-refractivity contribution >= 4 is 11.6 Å². The van der Waals surface area contributed by atoms with E-state index in [1.165, 1.54) is 5.56 Å². The third-order valence-corrected chi connectivity index (χ3v) is 11.9. The summed E-state index contributed by atoms with van der Waals surface area (Å²) in [6.07, 6.45) is 9.73. The maximum Gasteiger partial charge on any atom is 0.258 e. The van der Waals surface area contributed by atoms with E-state index >= 15 is 0 Å². The van der Waals surface area contributed by atoms with Crippen LogP contribution in [0.3, 0.4) is 0 Å². The molecule has 2 aromatic carbocycles. The number of nitrogens with zero attached hydrogens (tertiary/aromatic N) is 4. The van der Waals surface area contributed by atoms with Crippen molar-refractivity contribution in [1.29, 1.82) is 5.26 Å². The lowest BCUT2D eigenvalue weighted by atomic mass is 9.41. The number of anilines is 1. The van der Waals surface area contributed by atoms with Gasteiger partial charge in [0.15, 0.2) is 5.82 Å². The monoisotopic (exact) mass is 592 g/mol. The van der Waals surface area contributed by atoms with Gasteiger partial charge in [-0.2, -0.15) is 10.2 Å². The largest absolute Gasteiger partial charge is 0.370 e. The van der Waals surface area contributed by atoms with E-state index < -0.39 is 5.67 Å². The van der Waals surface area contributed by atoms with Gasteiger partial charge in [0.1, 0.15) is 5.67 Å². The number of alkyl halides is 1. The number of hydrogen-bond donors (Lipinski definition) is 0. The minimum Gasteiger partial charge on any atom is -0.370 e. The van der Waals surface area contributed by atoms with Crippen LogP contribution in [0, 0.1) is 22.2 Å². The van der Waals surface area contributed by atoms with E-state index in [4.69, 9.17) is 9.26 Å². The molecule has 1 amide bonds. The second-order valence-corrected chi connectivity index (χ2v) is 15.2. The van der Waals surface area contributed by atoms with Crippen LogP contribution in [-0.4, -0.2) is 34.9 Å². The number of carbonyl (C=O) groups is 1. The summed E-state index contributed by atoms with van der Waals surface area (Å²) in [6.45, 7) is 1.16. The molecular formula is C36H37FN4O3. The van der Waals surface area contributed by atoms with Crippen LogP contribution in [0.4, 0.5) is 10.1 Å². The van der Waals surface area contributed by atoms with E-state index in [0.29, 0.717) is 50.6 Å². The van der Waals surface area contributed by atoms with E-state index in [1.54, 1.807) is 0 Å². The van der Waals surface area contributed by atoms with Crippen LogP contribution >= 0.6 is 0 Å². The minimum atomic E-state index is -1.03. The van der Waals surface area contributed by atoms with Crippen LogP contribution in [0.25, 0.3) is 11.5 Å². The number of fused-ring (bicyclic) bond motifs is 3. The molecule has 8 fully saturated rings. The fourth-order valence-electron chi connectivity index (χ4n) is 8.81. The van der Waals surface area contributed by atoms with Crippen molar-refractivity contribution in [1.82, 2.24) is 10.1 Å². The van der Waals surface area contributed by atoms with Crippen LogP contribution in [0.2, 0.25) is 0 Å². The molecule has 7 nitrogen and oxygen atoms in total. The second-order valence-electron chi connectivity index (χ2n) is 15.2. The highest BCUT2D eigenvalue weighted by Crippen LogP contribution is 2.71. The number of hydrogen-bond acceptors (Lipinski definition) is 6. The lowest BCUT2D eigenvalue weighted by Gasteiger charge is -2.66. The number of ether oxygens (including phenoxy) is 1. The zero-order valence-corrected chi connectivity index (χ0v) is 25.0. The Morgan fingerprint density at radius 1 is 0.977 bits per heavy atom. The lowest BCUT2D eigenvalue weighted by molar-refractivity contribution is -0.215. The Bertz CT molecular complexity index is 1650. The fraction of sp³-hybridized carbons (Fsp3) is 0.556. The topological polar surface area (TPSA) is 92.2 Å². The number of carbonyl (C=O) groups excluding carboxylic acids is 1. The van der Waals surface area contributed by atoms with E-state index in [2.05, 4.69) is 40.5 Å². The first-order valence-electron chi connectivity index (χ1n) is 16.3. The molecule has 0 spiro atoms. The van der Waals surface area contributed by atoms with Gasteiger partial charge < -0.3 is 14.2 Å². The summed E-state index contributed by atoms with van der Waals surface area (Å²) in [5, 5.41) is 13.8. The number of halogens is 1. The molecule has 0 N–H and O–H groups in total. The highest BCUT2D eigenvalue weighted by atomic mass is 19.1. The molecule has 3 heterocycles. The third kappa shape index (κ3) is 4.18.